The van der Waals surface area contributed by atoms with E-state index in [1.165, 1.54) is 0 Å². The van der Waals surface area contributed by atoms with Gasteiger partial charge in [0.25, 0.3) is 0 Å². The van der Waals surface area contributed by atoms with Gasteiger partial charge in [0.2, 0.25) is 5.89 Å². The van der Waals surface area contributed by atoms with Gasteiger partial charge in [0.15, 0.2) is 17.6 Å². The standard InChI is InChI=1S/C18H30N8O2.HI/c1-6-19-17(20-9-13-23-16(28-25-13)18(2,3)4)21-12-7-8-15-22-14(11-27-5)24-26(15)10-12;/h12H,6-11H2,1-5H3,(H2,19,20,21);1H. The van der Waals surface area contributed by atoms with E-state index in [1.54, 1.807) is 7.11 Å². The van der Waals surface area contributed by atoms with E-state index in [4.69, 9.17) is 9.26 Å². The third-order valence-electron chi connectivity index (χ3n) is 4.35. The van der Waals surface area contributed by atoms with Gasteiger partial charge in [-0.2, -0.15) is 10.1 Å². The van der Waals surface area contributed by atoms with Crippen LogP contribution in [-0.2, 0) is 36.3 Å². The maximum atomic E-state index is 5.33. The van der Waals surface area contributed by atoms with Crippen molar-refractivity contribution in [1.82, 2.24) is 35.5 Å². The van der Waals surface area contributed by atoms with Gasteiger partial charge in [-0.3, -0.25) is 0 Å². The van der Waals surface area contributed by atoms with Gasteiger partial charge in [-0.15, -0.1) is 24.0 Å². The van der Waals surface area contributed by atoms with Crippen LogP contribution in [0, 0.1) is 0 Å². The van der Waals surface area contributed by atoms with Gasteiger partial charge in [0.05, 0.1) is 6.54 Å². The smallest absolute Gasteiger partial charge is 0.232 e. The number of nitrogens with one attached hydrogen (secondary N) is 2. The zero-order valence-electron chi connectivity index (χ0n) is 17.7. The molecule has 0 fully saturated rings. The molecule has 1 aliphatic rings. The topological polar surface area (TPSA) is 115 Å². The highest BCUT2D eigenvalue weighted by molar-refractivity contribution is 14.0. The molecule has 1 atom stereocenters. The summed E-state index contributed by atoms with van der Waals surface area (Å²) in [5.74, 6) is 3.66. The molecule has 0 amide bonds. The lowest BCUT2D eigenvalue weighted by atomic mass is 9.97. The predicted octanol–water partition coefficient (Wildman–Crippen LogP) is 1.79. The molecule has 10 nitrogen and oxygen atoms in total. The largest absolute Gasteiger partial charge is 0.377 e. The third-order valence-corrected chi connectivity index (χ3v) is 4.35. The van der Waals surface area contributed by atoms with Crippen molar-refractivity contribution >= 4 is 29.9 Å². The average molecular weight is 518 g/mol. The lowest BCUT2D eigenvalue weighted by Gasteiger charge is -2.25. The summed E-state index contributed by atoms with van der Waals surface area (Å²) in [4.78, 5) is 13.6. The minimum absolute atomic E-state index is 0. The first-order valence-electron chi connectivity index (χ1n) is 9.68. The van der Waals surface area contributed by atoms with Crippen LogP contribution in [0.1, 0.15) is 57.5 Å². The number of aliphatic imine (C=N–C) groups is 1. The molecule has 11 heteroatoms. The summed E-state index contributed by atoms with van der Waals surface area (Å²) in [6.07, 6.45) is 1.83. The lowest BCUT2D eigenvalue weighted by molar-refractivity contribution is 0.177. The Kier molecular flexibility index (Phi) is 8.37. The molecule has 2 aromatic rings. The summed E-state index contributed by atoms with van der Waals surface area (Å²) in [5, 5.41) is 15.3. The molecule has 0 saturated heterocycles. The average Bonchev–Trinajstić information content (AvgIpc) is 3.26. The second kappa shape index (κ2) is 10.3. The number of aromatic nitrogens is 5. The Morgan fingerprint density at radius 1 is 1.31 bits per heavy atom. The number of halogens is 1. The summed E-state index contributed by atoms with van der Waals surface area (Å²) < 4.78 is 12.4. The molecule has 0 aromatic carbocycles. The second-order valence-corrected chi connectivity index (χ2v) is 7.90. The number of fused-ring (bicyclic) bond motifs is 1. The van der Waals surface area contributed by atoms with Crippen molar-refractivity contribution in [2.75, 3.05) is 13.7 Å². The van der Waals surface area contributed by atoms with Gasteiger partial charge in [0.1, 0.15) is 19.0 Å². The Balaban J connectivity index is 0.00000300. The Labute approximate surface area is 188 Å². The lowest BCUT2D eigenvalue weighted by Crippen LogP contribution is -2.47. The Bertz CT molecular complexity index is 811. The number of ether oxygens (including phenoxy) is 1. The molecule has 1 unspecified atom stereocenters. The zero-order chi connectivity index (χ0) is 20.1. The van der Waals surface area contributed by atoms with Crippen molar-refractivity contribution in [3.63, 3.8) is 0 Å². The van der Waals surface area contributed by atoms with Crippen LogP contribution < -0.4 is 10.6 Å². The van der Waals surface area contributed by atoms with E-state index in [1.807, 2.05) is 32.4 Å². The number of aryl methyl sites for hydroxylation is 1. The fraction of sp³-hybridized carbons (Fsp3) is 0.722. The van der Waals surface area contributed by atoms with Crippen molar-refractivity contribution in [3.8, 4) is 0 Å². The zero-order valence-corrected chi connectivity index (χ0v) is 20.1. The Morgan fingerprint density at radius 3 is 2.76 bits per heavy atom. The van der Waals surface area contributed by atoms with E-state index in [2.05, 4.69) is 35.8 Å². The minimum Gasteiger partial charge on any atom is -0.377 e. The molecule has 0 radical (unpaired) electrons. The summed E-state index contributed by atoms with van der Waals surface area (Å²) in [6.45, 7) is 10.5. The molecule has 0 saturated carbocycles. The number of guanidine groups is 1. The molecule has 2 aromatic heterocycles. The maximum absolute atomic E-state index is 5.33. The summed E-state index contributed by atoms with van der Waals surface area (Å²) in [5.41, 5.74) is -0.170. The highest BCUT2D eigenvalue weighted by Gasteiger charge is 2.23. The van der Waals surface area contributed by atoms with Crippen LogP contribution in [0.3, 0.4) is 0 Å². The van der Waals surface area contributed by atoms with Crippen LogP contribution in [-0.4, -0.2) is 50.6 Å². The molecule has 0 aliphatic carbocycles. The van der Waals surface area contributed by atoms with Crippen molar-refractivity contribution in [3.05, 3.63) is 23.4 Å². The molecule has 2 N–H and O–H groups in total. The predicted molar refractivity (Wildman–Crippen MR) is 119 cm³/mol. The molecule has 162 valence electrons. The van der Waals surface area contributed by atoms with Crippen LogP contribution >= 0.6 is 24.0 Å². The quantitative estimate of drug-likeness (QED) is 0.338. The fourth-order valence-corrected chi connectivity index (χ4v) is 2.95. The van der Waals surface area contributed by atoms with E-state index in [9.17, 15) is 0 Å². The van der Waals surface area contributed by atoms with Gasteiger partial charge in [-0.05, 0) is 13.3 Å². The molecular formula is C18H31IN8O2. The number of rotatable bonds is 6. The van der Waals surface area contributed by atoms with Crippen molar-refractivity contribution < 1.29 is 9.26 Å². The molecule has 0 bridgehead atoms. The van der Waals surface area contributed by atoms with Crippen LogP contribution in [0.5, 0.6) is 0 Å². The minimum atomic E-state index is -0.170. The molecule has 29 heavy (non-hydrogen) atoms. The summed E-state index contributed by atoms with van der Waals surface area (Å²) in [6, 6.07) is 0.220. The molecule has 3 heterocycles. The van der Waals surface area contributed by atoms with Crippen LogP contribution in [0.2, 0.25) is 0 Å². The second-order valence-electron chi connectivity index (χ2n) is 7.90. The SMILES string of the molecule is CCNC(=NCc1noc(C(C)(C)C)n1)NC1CCc2nc(COC)nn2C1.I. The molecule has 0 spiro atoms. The van der Waals surface area contributed by atoms with Crippen LogP contribution in [0.15, 0.2) is 9.52 Å². The number of hydrogen-bond donors (Lipinski definition) is 2. The van der Waals surface area contributed by atoms with E-state index < -0.39 is 0 Å². The highest BCUT2D eigenvalue weighted by atomic mass is 127. The van der Waals surface area contributed by atoms with Gasteiger partial charge >= 0.3 is 0 Å². The first kappa shape index (κ1) is 23.5. The third kappa shape index (κ3) is 6.36. The van der Waals surface area contributed by atoms with Gasteiger partial charge < -0.3 is 19.9 Å². The molecule has 3 rings (SSSR count). The summed E-state index contributed by atoms with van der Waals surface area (Å²) in [7, 11) is 1.65. The number of nitrogens with zero attached hydrogens (tertiary/aromatic N) is 6. The van der Waals surface area contributed by atoms with Gasteiger partial charge in [-0.1, -0.05) is 25.9 Å². The molecular weight excluding hydrogens is 487 g/mol. The highest BCUT2D eigenvalue weighted by Crippen LogP contribution is 2.19. The Hall–Kier alpha value is -1.76. The van der Waals surface area contributed by atoms with E-state index in [0.717, 1.165) is 43.5 Å². The molecule has 1 aliphatic heterocycles. The van der Waals surface area contributed by atoms with Crippen LogP contribution in [0.4, 0.5) is 0 Å². The Morgan fingerprint density at radius 2 is 2.10 bits per heavy atom. The number of hydrogen-bond acceptors (Lipinski definition) is 7. The van der Waals surface area contributed by atoms with E-state index in [-0.39, 0.29) is 35.4 Å². The normalized spacial score (nSPS) is 16.9. The first-order chi connectivity index (χ1) is 13.4. The van der Waals surface area contributed by atoms with E-state index in [0.29, 0.717) is 24.9 Å². The fourth-order valence-electron chi connectivity index (χ4n) is 2.95. The number of methoxy groups -OCH3 is 1. The van der Waals surface area contributed by atoms with Crippen molar-refractivity contribution in [2.24, 2.45) is 4.99 Å². The van der Waals surface area contributed by atoms with Gasteiger partial charge in [-0.25, -0.2) is 14.7 Å². The van der Waals surface area contributed by atoms with Crippen molar-refractivity contribution in [2.45, 2.75) is 71.7 Å². The maximum Gasteiger partial charge on any atom is 0.232 e. The summed E-state index contributed by atoms with van der Waals surface area (Å²) >= 11 is 0. The van der Waals surface area contributed by atoms with Crippen molar-refractivity contribution in [1.29, 1.82) is 0 Å². The first-order valence-corrected chi connectivity index (χ1v) is 9.68. The van der Waals surface area contributed by atoms with Gasteiger partial charge in [0, 0.05) is 31.5 Å². The van der Waals surface area contributed by atoms with Crippen LogP contribution in [0.25, 0.3) is 0 Å². The van der Waals surface area contributed by atoms with E-state index >= 15 is 0 Å². The monoisotopic (exact) mass is 518 g/mol.